The number of carbonyl (C=O) groups is 1. The molecule has 0 saturated heterocycles. The molecule has 7 nitrogen and oxygen atoms in total. The second-order valence-electron chi connectivity index (χ2n) is 4.61. The molecule has 0 radical (unpaired) electrons. The first-order valence-electron chi connectivity index (χ1n) is 6.24. The van der Waals surface area contributed by atoms with Crippen LogP contribution in [-0.4, -0.2) is 24.0 Å². The third-order valence-electron chi connectivity index (χ3n) is 2.54. The summed E-state index contributed by atoms with van der Waals surface area (Å²) in [5.41, 5.74) is -0.0559. The third kappa shape index (κ3) is 4.30. The molecule has 8 heteroatoms. The number of hydrogen-bond donors (Lipinski definition) is 1. The molecular formula is C14H14BrN3O4. The Morgan fingerprint density at radius 3 is 2.64 bits per heavy atom. The van der Waals surface area contributed by atoms with Crippen LogP contribution >= 0.6 is 15.9 Å². The number of halogens is 1. The highest BCUT2D eigenvalue weighted by atomic mass is 79.9. The van der Waals surface area contributed by atoms with Gasteiger partial charge in [0.1, 0.15) is 11.6 Å². The van der Waals surface area contributed by atoms with Gasteiger partial charge in [-0.25, -0.2) is 0 Å². The zero-order valence-electron chi connectivity index (χ0n) is 12.2. The molecule has 1 rings (SSSR count). The second-order valence-corrected chi connectivity index (χ2v) is 5.46. The fraction of sp³-hybridized carbons (Fsp3) is 0.286. The van der Waals surface area contributed by atoms with E-state index in [4.69, 9.17) is 10.00 Å². The highest BCUT2D eigenvalue weighted by Crippen LogP contribution is 2.36. The van der Waals surface area contributed by atoms with Gasteiger partial charge in [0.15, 0.2) is 0 Å². The Morgan fingerprint density at radius 1 is 1.55 bits per heavy atom. The summed E-state index contributed by atoms with van der Waals surface area (Å²) in [6, 6.07) is 4.43. The van der Waals surface area contributed by atoms with Gasteiger partial charge in [0.2, 0.25) is 5.75 Å². The highest BCUT2D eigenvalue weighted by Gasteiger charge is 2.20. The largest absolute Gasteiger partial charge is 0.489 e. The Kier molecular flexibility index (Phi) is 6.07. The number of benzene rings is 1. The van der Waals surface area contributed by atoms with Crippen LogP contribution in [0.3, 0.4) is 0 Å². The molecule has 0 atom stereocenters. The monoisotopic (exact) mass is 367 g/mol. The van der Waals surface area contributed by atoms with E-state index in [2.05, 4.69) is 21.2 Å². The fourth-order valence-corrected chi connectivity index (χ4v) is 2.30. The first kappa shape index (κ1) is 17.7. The molecule has 1 N–H and O–H groups in total. The van der Waals surface area contributed by atoms with Crippen LogP contribution in [0.15, 0.2) is 22.2 Å². The molecule has 0 saturated carbocycles. The maximum absolute atomic E-state index is 11.8. The summed E-state index contributed by atoms with van der Waals surface area (Å²) in [5, 5.41) is 22.7. The Hall–Kier alpha value is -2.40. The Morgan fingerprint density at radius 2 is 2.18 bits per heavy atom. The molecule has 22 heavy (non-hydrogen) atoms. The lowest BCUT2D eigenvalue weighted by atomic mass is 10.1. The maximum atomic E-state index is 11.8. The molecule has 1 aromatic rings. The number of nitro benzene ring substituents is 1. The lowest BCUT2D eigenvalue weighted by molar-refractivity contribution is -0.385. The number of ether oxygens (including phenoxy) is 1. The standard InChI is InChI=1S/C14H14BrN3O4/c1-8(2)17-14(19)10(7-16)4-9-5-11(15)13(22-3)12(6-9)18(20)21/h4-6,8H,1-3H3,(H,17,19)/b10-4-. The van der Waals surface area contributed by atoms with Crippen LogP contribution in [-0.2, 0) is 4.79 Å². The van der Waals surface area contributed by atoms with Crippen molar-refractivity contribution >= 4 is 33.6 Å². The highest BCUT2D eigenvalue weighted by molar-refractivity contribution is 9.10. The van der Waals surface area contributed by atoms with Gasteiger partial charge in [0.25, 0.3) is 5.91 Å². The van der Waals surface area contributed by atoms with Crippen molar-refractivity contribution in [3.8, 4) is 11.8 Å². The average molecular weight is 368 g/mol. The lowest BCUT2D eigenvalue weighted by Crippen LogP contribution is -2.30. The van der Waals surface area contributed by atoms with E-state index in [1.165, 1.54) is 25.3 Å². The number of nitriles is 1. The summed E-state index contributed by atoms with van der Waals surface area (Å²) in [4.78, 5) is 22.3. The minimum absolute atomic E-state index is 0.0762. The third-order valence-corrected chi connectivity index (χ3v) is 3.13. The van der Waals surface area contributed by atoms with Crippen LogP contribution in [0.4, 0.5) is 5.69 Å². The first-order chi connectivity index (χ1) is 10.3. The summed E-state index contributed by atoms with van der Waals surface area (Å²) < 4.78 is 5.33. The van der Waals surface area contributed by atoms with Crippen molar-refractivity contribution in [3.63, 3.8) is 0 Å². The van der Waals surface area contributed by atoms with Crippen molar-refractivity contribution in [3.05, 3.63) is 37.9 Å². The zero-order valence-corrected chi connectivity index (χ0v) is 13.8. The summed E-state index contributed by atoms with van der Waals surface area (Å²) in [5.74, 6) is -0.459. The summed E-state index contributed by atoms with van der Waals surface area (Å²) >= 11 is 3.17. The van der Waals surface area contributed by atoms with E-state index in [-0.39, 0.29) is 23.1 Å². The quantitative estimate of drug-likeness (QED) is 0.372. The normalized spacial score (nSPS) is 11.0. The summed E-state index contributed by atoms with van der Waals surface area (Å²) in [6.45, 7) is 3.53. The number of nitrogens with zero attached hydrogens (tertiary/aromatic N) is 2. The van der Waals surface area contributed by atoms with E-state index in [9.17, 15) is 14.9 Å². The summed E-state index contributed by atoms with van der Waals surface area (Å²) in [7, 11) is 1.32. The van der Waals surface area contributed by atoms with E-state index in [1.807, 2.05) is 0 Å². The minimum Gasteiger partial charge on any atom is -0.489 e. The number of carbonyl (C=O) groups excluding carboxylic acids is 1. The van der Waals surface area contributed by atoms with Gasteiger partial charge in [-0.1, -0.05) is 0 Å². The number of hydrogen-bond acceptors (Lipinski definition) is 5. The minimum atomic E-state index is -0.596. The van der Waals surface area contributed by atoms with Crippen LogP contribution in [0, 0.1) is 21.4 Å². The second kappa shape index (κ2) is 7.56. The van der Waals surface area contributed by atoms with Gasteiger partial charge >= 0.3 is 5.69 Å². The smallest absolute Gasteiger partial charge is 0.312 e. The molecule has 116 valence electrons. The number of amides is 1. The fourth-order valence-electron chi connectivity index (χ4n) is 1.68. The van der Waals surface area contributed by atoms with E-state index in [0.29, 0.717) is 10.0 Å². The molecule has 0 unspecified atom stereocenters. The van der Waals surface area contributed by atoms with Crippen LogP contribution in [0.1, 0.15) is 19.4 Å². The molecule has 0 fully saturated rings. The van der Waals surface area contributed by atoms with Crippen LogP contribution in [0.2, 0.25) is 0 Å². The predicted molar refractivity (Wildman–Crippen MR) is 84.2 cm³/mol. The Balaban J connectivity index is 3.32. The van der Waals surface area contributed by atoms with Crippen molar-refractivity contribution < 1.29 is 14.5 Å². The molecule has 0 spiro atoms. The van der Waals surface area contributed by atoms with E-state index in [0.717, 1.165) is 0 Å². The molecule has 0 heterocycles. The average Bonchev–Trinajstić information content (AvgIpc) is 2.43. The van der Waals surface area contributed by atoms with Gasteiger partial charge in [-0.05, 0) is 47.5 Å². The molecular weight excluding hydrogens is 354 g/mol. The molecule has 0 aliphatic carbocycles. The Bertz CT molecular complexity index is 677. The maximum Gasteiger partial charge on any atom is 0.312 e. The van der Waals surface area contributed by atoms with E-state index in [1.54, 1.807) is 19.9 Å². The van der Waals surface area contributed by atoms with Gasteiger partial charge in [0, 0.05) is 12.1 Å². The molecule has 1 amide bonds. The van der Waals surface area contributed by atoms with Crippen LogP contribution < -0.4 is 10.1 Å². The first-order valence-corrected chi connectivity index (χ1v) is 7.04. The number of rotatable bonds is 5. The van der Waals surface area contributed by atoms with E-state index >= 15 is 0 Å². The molecule has 1 aromatic carbocycles. The van der Waals surface area contributed by atoms with Gasteiger partial charge in [-0.2, -0.15) is 5.26 Å². The predicted octanol–water partition coefficient (Wildman–Crippen LogP) is 2.80. The SMILES string of the molecule is COc1c(Br)cc(/C=C(/C#N)C(=O)NC(C)C)cc1[N+](=O)[O-]. The lowest BCUT2D eigenvalue weighted by Gasteiger charge is -2.08. The molecule has 0 aliphatic heterocycles. The van der Waals surface area contributed by atoms with Gasteiger partial charge < -0.3 is 10.1 Å². The molecule has 0 aromatic heterocycles. The zero-order chi connectivity index (χ0) is 16.9. The molecule has 0 bridgehead atoms. The van der Waals surface area contributed by atoms with E-state index < -0.39 is 10.8 Å². The molecule has 0 aliphatic rings. The van der Waals surface area contributed by atoms with Gasteiger partial charge in [-0.15, -0.1) is 0 Å². The van der Waals surface area contributed by atoms with Crippen molar-refractivity contribution in [1.82, 2.24) is 5.32 Å². The number of nitro groups is 1. The Labute approximate surface area is 135 Å². The summed E-state index contributed by atoms with van der Waals surface area (Å²) in [6.07, 6.45) is 1.29. The van der Waals surface area contributed by atoms with Crippen molar-refractivity contribution in [2.45, 2.75) is 19.9 Å². The topological polar surface area (TPSA) is 105 Å². The van der Waals surface area contributed by atoms with Crippen LogP contribution in [0.5, 0.6) is 5.75 Å². The van der Waals surface area contributed by atoms with Gasteiger partial charge in [0.05, 0.1) is 16.5 Å². The van der Waals surface area contributed by atoms with Crippen molar-refractivity contribution in [2.24, 2.45) is 0 Å². The number of nitrogens with one attached hydrogen (secondary N) is 1. The van der Waals surface area contributed by atoms with Gasteiger partial charge in [-0.3, -0.25) is 14.9 Å². The van der Waals surface area contributed by atoms with Crippen LogP contribution in [0.25, 0.3) is 6.08 Å². The number of methoxy groups -OCH3 is 1. The van der Waals surface area contributed by atoms with Crippen molar-refractivity contribution in [1.29, 1.82) is 5.26 Å². The van der Waals surface area contributed by atoms with Crippen molar-refractivity contribution in [2.75, 3.05) is 7.11 Å².